The van der Waals surface area contributed by atoms with Crippen LogP contribution in [0.15, 0.2) is 17.0 Å². The van der Waals surface area contributed by atoms with Crippen LogP contribution in [0.4, 0.5) is 0 Å². The van der Waals surface area contributed by atoms with Gasteiger partial charge in [-0.25, -0.2) is 9.00 Å². The maximum Gasteiger partial charge on any atom is 0.337 e. The molecular weight excluding hydrogens is 543 g/mol. The molecule has 1 atom stereocenters. The molecule has 2 amide bonds. The number of carbonyl (C=O) groups is 3. The first-order valence-electron chi connectivity index (χ1n) is 10.9. The average Bonchev–Trinajstić information content (AvgIpc) is 2.83. The molecule has 36 heavy (non-hydrogen) atoms. The van der Waals surface area contributed by atoms with E-state index in [4.69, 9.17) is 46.9 Å². The monoisotopic (exact) mass is 572 g/mol. The zero-order chi connectivity index (χ0) is 26.8. The number of esters is 1. The second-order valence-corrected chi connectivity index (χ2v) is 8.60. The molecule has 1 aromatic rings. The summed E-state index contributed by atoms with van der Waals surface area (Å²) < 4.78 is 46.5. The van der Waals surface area contributed by atoms with E-state index in [1.165, 1.54) is 12.1 Å². The second-order valence-electron chi connectivity index (χ2n) is 6.82. The van der Waals surface area contributed by atoms with Gasteiger partial charge in [-0.3, -0.25) is 9.59 Å². The fraction of sp³-hybridized carbons (Fsp3) is 0.571. The Labute approximate surface area is 221 Å². The number of benzene rings is 1. The quantitative estimate of drug-likeness (QED) is 0.0950. The third kappa shape index (κ3) is 14.7. The van der Waals surface area contributed by atoms with E-state index >= 15 is 0 Å². The maximum atomic E-state index is 11.9. The standard InChI is InChI=1S/C21H30Cl2N2O10S/c1-2-18(26)24-3-5-31-7-9-33-13-19(27)25-4-6-32-8-10-34-14-20(28)35-21-16(23)11-15(22)12-17(21)36(29)30/h11-12H,2-10,13-14H2,1H3,(H,24,26)(H,25,27)(H,29,30). The fourth-order valence-corrected chi connectivity index (χ4v) is 3.56. The Balaban J connectivity index is 2.02. The molecule has 15 heteroatoms. The first-order valence-corrected chi connectivity index (χ1v) is 12.8. The van der Waals surface area contributed by atoms with Crippen molar-refractivity contribution in [3.63, 3.8) is 0 Å². The van der Waals surface area contributed by atoms with Gasteiger partial charge in [0.2, 0.25) is 11.8 Å². The van der Waals surface area contributed by atoms with E-state index in [-0.39, 0.29) is 72.1 Å². The van der Waals surface area contributed by atoms with Gasteiger partial charge < -0.3 is 38.9 Å². The molecule has 204 valence electrons. The molecule has 12 nitrogen and oxygen atoms in total. The first-order chi connectivity index (χ1) is 17.2. The van der Waals surface area contributed by atoms with Crippen molar-refractivity contribution in [1.29, 1.82) is 0 Å². The molecular formula is C21H30Cl2N2O10S. The van der Waals surface area contributed by atoms with Crippen LogP contribution in [0.2, 0.25) is 10.0 Å². The molecule has 0 bridgehead atoms. The van der Waals surface area contributed by atoms with E-state index in [0.29, 0.717) is 26.2 Å². The van der Waals surface area contributed by atoms with Gasteiger partial charge in [0.1, 0.15) is 18.1 Å². The summed E-state index contributed by atoms with van der Waals surface area (Å²) in [6.07, 6.45) is 0.425. The average molecular weight is 573 g/mol. The molecule has 1 rings (SSSR count). The van der Waals surface area contributed by atoms with Crippen molar-refractivity contribution in [2.45, 2.75) is 18.2 Å². The SMILES string of the molecule is CCC(=O)NCCOCCOCC(=O)NCCOCCOCC(=O)Oc1c(Cl)cc(Cl)cc1S(=O)O. The smallest absolute Gasteiger partial charge is 0.337 e. The lowest BCUT2D eigenvalue weighted by molar-refractivity contribution is -0.140. The van der Waals surface area contributed by atoms with Gasteiger partial charge in [0.05, 0.1) is 44.7 Å². The maximum absolute atomic E-state index is 11.9. The predicted molar refractivity (Wildman–Crippen MR) is 131 cm³/mol. The number of carbonyl (C=O) groups excluding carboxylic acids is 3. The van der Waals surface area contributed by atoms with Gasteiger partial charge in [-0.1, -0.05) is 30.1 Å². The molecule has 0 spiro atoms. The number of amides is 2. The normalized spacial score (nSPS) is 11.7. The fourth-order valence-electron chi connectivity index (χ4n) is 2.37. The third-order valence-electron chi connectivity index (χ3n) is 4.03. The van der Waals surface area contributed by atoms with E-state index in [1.807, 2.05) is 0 Å². The van der Waals surface area contributed by atoms with Crippen LogP contribution in [0.25, 0.3) is 0 Å². The minimum absolute atomic E-state index is 0.0396. The summed E-state index contributed by atoms with van der Waals surface area (Å²) >= 11 is 9.25. The Hall–Kier alpha value is -1.84. The highest BCUT2D eigenvalue weighted by Crippen LogP contribution is 2.34. The Morgan fingerprint density at radius 2 is 1.42 bits per heavy atom. The van der Waals surface area contributed by atoms with E-state index in [2.05, 4.69) is 10.6 Å². The van der Waals surface area contributed by atoms with Gasteiger partial charge in [0.15, 0.2) is 16.8 Å². The summed E-state index contributed by atoms with van der Waals surface area (Å²) in [7, 11) is 0. The van der Waals surface area contributed by atoms with Crippen molar-refractivity contribution >= 4 is 52.1 Å². The van der Waals surface area contributed by atoms with Crippen molar-refractivity contribution < 1.29 is 46.8 Å². The van der Waals surface area contributed by atoms with Gasteiger partial charge in [-0.15, -0.1) is 0 Å². The van der Waals surface area contributed by atoms with E-state index in [0.717, 1.165) is 0 Å². The molecule has 3 N–H and O–H groups in total. The van der Waals surface area contributed by atoms with E-state index in [9.17, 15) is 23.1 Å². The third-order valence-corrected chi connectivity index (χ3v) is 5.21. The number of ether oxygens (including phenoxy) is 5. The molecule has 0 saturated carbocycles. The lowest BCUT2D eigenvalue weighted by Gasteiger charge is -2.11. The Morgan fingerprint density at radius 3 is 2.00 bits per heavy atom. The van der Waals surface area contributed by atoms with Crippen molar-refractivity contribution in [1.82, 2.24) is 10.6 Å². The van der Waals surface area contributed by atoms with Crippen molar-refractivity contribution in [3.8, 4) is 5.75 Å². The minimum Gasteiger partial charge on any atom is -0.422 e. The molecule has 0 aliphatic rings. The molecule has 0 saturated heterocycles. The predicted octanol–water partition coefficient (Wildman–Crippen LogP) is 1.19. The minimum atomic E-state index is -2.46. The molecule has 0 aliphatic carbocycles. The lowest BCUT2D eigenvalue weighted by atomic mass is 10.3. The summed E-state index contributed by atoms with van der Waals surface area (Å²) in [6, 6.07) is 2.44. The largest absolute Gasteiger partial charge is 0.422 e. The second kappa shape index (κ2) is 19.3. The van der Waals surface area contributed by atoms with E-state index < -0.39 is 23.7 Å². The van der Waals surface area contributed by atoms with Crippen LogP contribution in [0.1, 0.15) is 13.3 Å². The van der Waals surface area contributed by atoms with Gasteiger partial charge in [-0.05, 0) is 12.1 Å². The van der Waals surface area contributed by atoms with Crippen LogP contribution in [0.5, 0.6) is 5.75 Å². The molecule has 0 aliphatic heterocycles. The van der Waals surface area contributed by atoms with Crippen molar-refractivity contribution in [3.05, 3.63) is 22.2 Å². The molecule has 0 aromatic heterocycles. The van der Waals surface area contributed by atoms with Crippen LogP contribution in [0.3, 0.4) is 0 Å². The highest BCUT2D eigenvalue weighted by atomic mass is 35.5. The zero-order valence-electron chi connectivity index (χ0n) is 19.7. The van der Waals surface area contributed by atoms with Crippen LogP contribution in [0, 0.1) is 0 Å². The number of halogens is 2. The van der Waals surface area contributed by atoms with Crippen molar-refractivity contribution in [2.75, 3.05) is 65.9 Å². The van der Waals surface area contributed by atoms with Crippen LogP contribution < -0.4 is 15.4 Å². The summed E-state index contributed by atoms with van der Waals surface area (Å²) in [5.41, 5.74) is 0. The zero-order valence-corrected chi connectivity index (χ0v) is 22.0. The molecule has 1 aromatic carbocycles. The first kappa shape index (κ1) is 32.2. The molecule has 0 fully saturated rings. The Kier molecular flexibility index (Phi) is 17.3. The van der Waals surface area contributed by atoms with Crippen LogP contribution in [-0.2, 0) is 44.4 Å². The highest BCUT2D eigenvalue weighted by Gasteiger charge is 2.18. The van der Waals surface area contributed by atoms with Crippen LogP contribution >= 0.6 is 23.2 Å². The Morgan fingerprint density at radius 1 is 0.861 bits per heavy atom. The number of hydrogen-bond donors (Lipinski definition) is 3. The Bertz CT molecular complexity index is 875. The van der Waals surface area contributed by atoms with E-state index in [1.54, 1.807) is 6.92 Å². The van der Waals surface area contributed by atoms with Gasteiger partial charge in [-0.2, -0.15) is 0 Å². The number of hydrogen-bond acceptors (Lipinski definition) is 9. The lowest BCUT2D eigenvalue weighted by Crippen LogP contribution is -2.31. The van der Waals surface area contributed by atoms with Gasteiger partial charge >= 0.3 is 5.97 Å². The highest BCUT2D eigenvalue weighted by molar-refractivity contribution is 7.79. The van der Waals surface area contributed by atoms with Gasteiger partial charge in [0, 0.05) is 24.5 Å². The van der Waals surface area contributed by atoms with Crippen LogP contribution in [-0.4, -0.2) is 92.5 Å². The molecule has 0 heterocycles. The topological polar surface area (TPSA) is 159 Å². The summed E-state index contributed by atoms with van der Waals surface area (Å²) in [5, 5.41) is 5.31. The van der Waals surface area contributed by atoms with Crippen molar-refractivity contribution in [2.24, 2.45) is 0 Å². The number of nitrogens with one attached hydrogen (secondary N) is 2. The van der Waals surface area contributed by atoms with Gasteiger partial charge in [0.25, 0.3) is 0 Å². The molecule has 0 radical (unpaired) electrons. The molecule has 1 unspecified atom stereocenters. The summed E-state index contributed by atoms with van der Waals surface area (Å²) in [4.78, 5) is 34.3. The number of rotatable bonds is 19. The summed E-state index contributed by atoms with van der Waals surface area (Å²) in [5.74, 6) is -1.44. The summed E-state index contributed by atoms with van der Waals surface area (Å²) in [6.45, 7) is 3.26.